The average Bonchev–Trinajstić information content (AvgIpc) is 3.31. The molecule has 0 N–H and O–H groups in total. The maximum absolute atomic E-state index is 13.6. The summed E-state index contributed by atoms with van der Waals surface area (Å²) >= 11 is 0. The highest BCUT2D eigenvalue weighted by Gasteiger charge is 2.34. The highest BCUT2D eigenvalue weighted by molar-refractivity contribution is 5.77. The first-order valence-electron chi connectivity index (χ1n) is 8.58. The van der Waals surface area contributed by atoms with Crippen LogP contribution in [0.5, 0.6) is 5.88 Å². The molecule has 0 aromatic carbocycles. The van der Waals surface area contributed by atoms with Crippen LogP contribution in [0.2, 0.25) is 0 Å². The first-order chi connectivity index (χ1) is 12.1. The van der Waals surface area contributed by atoms with E-state index < -0.39 is 5.82 Å². The van der Waals surface area contributed by atoms with Gasteiger partial charge in [-0.15, -0.1) is 10.2 Å². The van der Waals surface area contributed by atoms with Crippen LogP contribution in [-0.4, -0.2) is 37.1 Å². The van der Waals surface area contributed by atoms with E-state index in [0.717, 1.165) is 18.7 Å². The number of hydrogen-bond acceptors (Lipinski definition) is 5. The second kappa shape index (κ2) is 6.42. The van der Waals surface area contributed by atoms with E-state index >= 15 is 0 Å². The SMILES string of the molecule is CC1c2nnc(COc3ncccc3F)n2CCN1C(=O)CC1CC1. The number of hydrogen-bond donors (Lipinski definition) is 0. The van der Waals surface area contributed by atoms with Crippen molar-refractivity contribution in [2.45, 2.75) is 45.4 Å². The molecule has 4 rings (SSSR count). The van der Waals surface area contributed by atoms with Gasteiger partial charge in [-0.3, -0.25) is 4.79 Å². The summed E-state index contributed by atoms with van der Waals surface area (Å²) in [5.74, 6) is 1.56. The molecular formula is C17H20FN5O2. The number of carbonyl (C=O) groups excluding carboxylic acids is 1. The number of pyridine rings is 1. The molecule has 0 bridgehead atoms. The Balaban J connectivity index is 1.45. The molecular weight excluding hydrogens is 325 g/mol. The van der Waals surface area contributed by atoms with Crippen molar-refractivity contribution in [3.63, 3.8) is 0 Å². The second-order valence-electron chi connectivity index (χ2n) is 6.62. The zero-order valence-corrected chi connectivity index (χ0v) is 14.1. The molecule has 1 unspecified atom stereocenters. The largest absolute Gasteiger partial charge is 0.467 e. The van der Waals surface area contributed by atoms with Crippen LogP contribution in [0.1, 0.15) is 43.9 Å². The van der Waals surface area contributed by atoms with E-state index in [1.807, 2.05) is 16.4 Å². The van der Waals surface area contributed by atoms with E-state index in [-0.39, 0.29) is 24.4 Å². The molecule has 0 spiro atoms. The van der Waals surface area contributed by atoms with Gasteiger partial charge in [0.05, 0.1) is 6.04 Å². The summed E-state index contributed by atoms with van der Waals surface area (Å²) in [6.45, 7) is 3.30. The first kappa shape index (κ1) is 16.0. The molecule has 1 fully saturated rings. The van der Waals surface area contributed by atoms with Gasteiger partial charge in [-0.05, 0) is 37.8 Å². The standard InChI is InChI=1S/C17H20FN5O2/c1-11-16-21-20-14(10-25-17-13(18)3-2-6-19-17)23(16)8-7-22(11)15(24)9-12-4-5-12/h2-3,6,11-12H,4-5,7-10H2,1H3. The minimum atomic E-state index is -0.508. The third-order valence-electron chi connectivity index (χ3n) is 4.80. The smallest absolute Gasteiger partial charge is 0.250 e. The van der Waals surface area contributed by atoms with Crippen LogP contribution < -0.4 is 4.74 Å². The van der Waals surface area contributed by atoms with Crippen LogP contribution in [0, 0.1) is 11.7 Å². The summed E-state index contributed by atoms with van der Waals surface area (Å²) < 4.78 is 21.0. The second-order valence-corrected chi connectivity index (χ2v) is 6.62. The minimum absolute atomic E-state index is 0.0510. The monoisotopic (exact) mass is 345 g/mol. The van der Waals surface area contributed by atoms with E-state index in [4.69, 9.17) is 4.74 Å². The molecule has 7 nitrogen and oxygen atoms in total. The number of ether oxygens (including phenoxy) is 1. The van der Waals surface area contributed by atoms with Crippen LogP contribution in [0.4, 0.5) is 4.39 Å². The molecule has 2 aromatic heterocycles. The normalized spacial score (nSPS) is 19.6. The van der Waals surface area contributed by atoms with E-state index in [1.165, 1.54) is 18.3 Å². The predicted molar refractivity (Wildman–Crippen MR) is 86.0 cm³/mol. The quantitative estimate of drug-likeness (QED) is 0.830. The maximum Gasteiger partial charge on any atom is 0.250 e. The lowest BCUT2D eigenvalue weighted by molar-refractivity contribution is -0.134. The zero-order valence-electron chi connectivity index (χ0n) is 14.1. The highest BCUT2D eigenvalue weighted by Crippen LogP contribution is 2.34. The van der Waals surface area contributed by atoms with Gasteiger partial charge >= 0.3 is 0 Å². The number of carbonyl (C=O) groups is 1. The lowest BCUT2D eigenvalue weighted by Crippen LogP contribution is -2.41. The fraction of sp³-hybridized carbons (Fsp3) is 0.529. The molecule has 3 heterocycles. The number of fused-ring (bicyclic) bond motifs is 1. The van der Waals surface area contributed by atoms with Crippen LogP contribution in [0.15, 0.2) is 18.3 Å². The van der Waals surface area contributed by atoms with E-state index in [1.54, 1.807) is 0 Å². The Morgan fingerprint density at radius 2 is 2.20 bits per heavy atom. The van der Waals surface area contributed by atoms with E-state index in [9.17, 15) is 9.18 Å². The number of aromatic nitrogens is 4. The number of nitrogens with zero attached hydrogens (tertiary/aromatic N) is 5. The maximum atomic E-state index is 13.6. The van der Waals surface area contributed by atoms with Crippen molar-refractivity contribution in [1.82, 2.24) is 24.6 Å². The van der Waals surface area contributed by atoms with Gasteiger partial charge in [0.1, 0.15) is 6.61 Å². The Labute approximate surface area is 144 Å². The van der Waals surface area contributed by atoms with Crippen molar-refractivity contribution >= 4 is 5.91 Å². The minimum Gasteiger partial charge on any atom is -0.467 e. The van der Waals surface area contributed by atoms with Gasteiger partial charge in [-0.25, -0.2) is 9.37 Å². The fourth-order valence-electron chi connectivity index (χ4n) is 3.19. The Hall–Kier alpha value is -2.51. The predicted octanol–water partition coefficient (Wildman–Crippen LogP) is 2.09. The molecule has 132 valence electrons. The molecule has 25 heavy (non-hydrogen) atoms. The van der Waals surface area contributed by atoms with Gasteiger partial charge < -0.3 is 14.2 Å². The molecule has 0 radical (unpaired) electrons. The van der Waals surface area contributed by atoms with Crippen molar-refractivity contribution in [3.05, 3.63) is 35.8 Å². The molecule has 1 amide bonds. The highest BCUT2D eigenvalue weighted by atomic mass is 19.1. The van der Waals surface area contributed by atoms with Crippen LogP contribution >= 0.6 is 0 Å². The van der Waals surface area contributed by atoms with Crippen LogP contribution in [0.3, 0.4) is 0 Å². The molecule has 1 saturated carbocycles. The van der Waals surface area contributed by atoms with Crippen molar-refractivity contribution in [2.75, 3.05) is 6.54 Å². The van der Waals surface area contributed by atoms with E-state index in [0.29, 0.717) is 31.3 Å². The summed E-state index contributed by atoms with van der Waals surface area (Å²) in [5, 5.41) is 8.38. The molecule has 2 aliphatic rings. The summed E-state index contributed by atoms with van der Waals surface area (Å²) in [5.41, 5.74) is 0. The Kier molecular flexibility index (Phi) is 4.10. The number of amides is 1. The lowest BCUT2D eigenvalue weighted by atomic mass is 10.1. The molecule has 1 aliphatic carbocycles. The molecule has 8 heteroatoms. The van der Waals surface area contributed by atoms with Gasteiger partial charge in [0.2, 0.25) is 5.91 Å². The van der Waals surface area contributed by atoms with Gasteiger partial charge in [0, 0.05) is 25.7 Å². The third kappa shape index (κ3) is 3.20. The van der Waals surface area contributed by atoms with E-state index in [2.05, 4.69) is 15.2 Å². The summed E-state index contributed by atoms with van der Waals surface area (Å²) in [6, 6.07) is 2.69. The third-order valence-corrected chi connectivity index (χ3v) is 4.80. The first-order valence-corrected chi connectivity index (χ1v) is 8.58. The van der Waals surface area contributed by atoms with Gasteiger partial charge in [0.25, 0.3) is 5.88 Å². The van der Waals surface area contributed by atoms with Crippen LogP contribution in [0.25, 0.3) is 0 Å². The van der Waals surface area contributed by atoms with Gasteiger partial charge in [0.15, 0.2) is 17.5 Å². The summed E-state index contributed by atoms with van der Waals surface area (Å²) in [6.07, 6.45) is 4.43. The fourth-order valence-corrected chi connectivity index (χ4v) is 3.19. The molecule has 1 aliphatic heterocycles. The van der Waals surface area contributed by atoms with Crippen molar-refractivity contribution in [1.29, 1.82) is 0 Å². The zero-order chi connectivity index (χ0) is 17.4. The van der Waals surface area contributed by atoms with Crippen molar-refractivity contribution in [2.24, 2.45) is 5.92 Å². The number of halogens is 1. The Bertz CT molecular complexity index is 789. The molecule has 0 saturated heterocycles. The summed E-state index contributed by atoms with van der Waals surface area (Å²) in [4.78, 5) is 18.2. The van der Waals surface area contributed by atoms with Gasteiger partial charge in [-0.2, -0.15) is 0 Å². The summed E-state index contributed by atoms with van der Waals surface area (Å²) in [7, 11) is 0. The number of rotatable bonds is 5. The average molecular weight is 345 g/mol. The molecule has 1 atom stereocenters. The Morgan fingerprint density at radius 1 is 1.36 bits per heavy atom. The molecule has 2 aromatic rings. The topological polar surface area (TPSA) is 73.1 Å². The van der Waals surface area contributed by atoms with Gasteiger partial charge in [-0.1, -0.05) is 0 Å². The lowest BCUT2D eigenvalue weighted by Gasteiger charge is -2.33. The van der Waals surface area contributed by atoms with Crippen molar-refractivity contribution in [3.8, 4) is 5.88 Å². The van der Waals surface area contributed by atoms with Crippen molar-refractivity contribution < 1.29 is 13.9 Å². The Morgan fingerprint density at radius 3 is 2.96 bits per heavy atom. The van der Waals surface area contributed by atoms with Crippen LogP contribution in [-0.2, 0) is 17.9 Å².